The number of piperazine rings is 1. The lowest BCUT2D eigenvalue weighted by Gasteiger charge is -2.37. The zero-order valence-corrected chi connectivity index (χ0v) is 17.3. The summed E-state index contributed by atoms with van der Waals surface area (Å²) < 4.78 is 6.20. The summed E-state index contributed by atoms with van der Waals surface area (Å²) >= 11 is 6.11. The van der Waals surface area contributed by atoms with Crippen LogP contribution in [0.3, 0.4) is 0 Å². The van der Waals surface area contributed by atoms with Gasteiger partial charge in [0.05, 0.1) is 0 Å². The van der Waals surface area contributed by atoms with Crippen molar-refractivity contribution in [1.82, 2.24) is 4.90 Å². The van der Waals surface area contributed by atoms with Gasteiger partial charge in [-0.2, -0.15) is 0 Å². The molecule has 0 aromatic heterocycles. The van der Waals surface area contributed by atoms with E-state index in [0.29, 0.717) is 19.5 Å². The van der Waals surface area contributed by atoms with Gasteiger partial charge >= 0.3 is 0 Å². The molecule has 150 valence electrons. The quantitative estimate of drug-likeness (QED) is 0.595. The SMILES string of the molecule is CC[C@H](Oc1cccc2ccccc12)C(=O)N1CCN(c2cccc(Cl)c2)CC1. The van der Waals surface area contributed by atoms with E-state index in [9.17, 15) is 4.79 Å². The Kier molecular flexibility index (Phi) is 5.91. The summed E-state index contributed by atoms with van der Waals surface area (Å²) in [4.78, 5) is 17.3. The minimum atomic E-state index is -0.474. The molecule has 1 aliphatic heterocycles. The molecule has 0 spiro atoms. The van der Waals surface area contributed by atoms with Gasteiger partial charge < -0.3 is 14.5 Å². The number of rotatable bonds is 5. The van der Waals surface area contributed by atoms with Crippen LogP contribution in [-0.2, 0) is 4.79 Å². The van der Waals surface area contributed by atoms with Crippen molar-refractivity contribution in [3.05, 3.63) is 71.8 Å². The van der Waals surface area contributed by atoms with Crippen molar-refractivity contribution in [3.63, 3.8) is 0 Å². The molecule has 4 nitrogen and oxygen atoms in total. The molecule has 0 unspecified atom stereocenters. The first kappa shape index (κ1) is 19.6. The Hall–Kier alpha value is -2.72. The van der Waals surface area contributed by atoms with Crippen LogP contribution in [0.15, 0.2) is 66.7 Å². The number of amides is 1. The van der Waals surface area contributed by atoms with Gasteiger partial charge in [-0.1, -0.05) is 61.0 Å². The van der Waals surface area contributed by atoms with Gasteiger partial charge in [0.2, 0.25) is 0 Å². The average Bonchev–Trinajstić information content (AvgIpc) is 2.77. The van der Waals surface area contributed by atoms with E-state index < -0.39 is 6.10 Å². The highest BCUT2D eigenvalue weighted by atomic mass is 35.5. The molecule has 1 atom stereocenters. The van der Waals surface area contributed by atoms with Crippen LogP contribution in [0.4, 0.5) is 5.69 Å². The number of nitrogens with zero attached hydrogens (tertiary/aromatic N) is 2. The number of halogens is 1. The molecule has 0 saturated carbocycles. The fourth-order valence-electron chi connectivity index (χ4n) is 3.82. The highest BCUT2D eigenvalue weighted by Gasteiger charge is 2.28. The monoisotopic (exact) mass is 408 g/mol. The Bertz CT molecular complexity index is 994. The number of benzene rings is 3. The standard InChI is InChI=1S/C24H25ClN2O2/c1-2-22(29-23-12-5-8-18-7-3-4-11-21(18)23)24(28)27-15-13-26(14-16-27)20-10-6-9-19(25)17-20/h3-12,17,22H,2,13-16H2,1H3/t22-/m0/s1. The average molecular weight is 409 g/mol. The summed E-state index contributed by atoms with van der Waals surface area (Å²) in [6, 6.07) is 21.9. The van der Waals surface area contributed by atoms with Gasteiger partial charge in [0.25, 0.3) is 5.91 Å². The lowest BCUT2D eigenvalue weighted by molar-refractivity contribution is -0.139. The van der Waals surface area contributed by atoms with Gasteiger partial charge in [-0.25, -0.2) is 0 Å². The molecule has 0 aliphatic carbocycles. The fraction of sp³-hybridized carbons (Fsp3) is 0.292. The number of carbonyl (C=O) groups is 1. The lowest BCUT2D eigenvalue weighted by atomic mass is 10.1. The van der Waals surface area contributed by atoms with E-state index in [-0.39, 0.29) is 5.91 Å². The van der Waals surface area contributed by atoms with Crippen molar-refractivity contribution in [1.29, 1.82) is 0 Å². The minimum absolute atomic E-state index is 0.0613. The number of ether oxygens (including phenoxy) is 1. The molecule has 1 heterocycles. The first-order valence-electron chi connectivity index (χ1n) is 10.1. The number of anilines is 1. The highest BCUT2D eigenvalue weighted by Crippen LogP contribution is 2.27. The predicted octanol–water partition coefficient (Wildman–Crippen LogP) is 5.00. The van der Waals surface area contributed by atoms with Crippen molar-refractivity contribution in [3.8, 4) is 5.75 Å². The van der Waals surface area contributed by atoms with E-state index >= 15 is 0 Å². The van der Waals surface area contributed by atoms with E-state index in [1.807, 2.05) is 60.4 Å². The van der Waals surface area contributed by atoms with Gasteiger partial charge in [0.1, 0.15) is 5.75 Å². The molecule has 1 amide bonds. The topological polar surface area (TPSA) is 32.8 Å². The molecule has 0 radical (unpaired) electrons. The van der Waals surface area contributed by atoms with E-state index in [1.165, 1.54) is 0 Å². The Morgan fingerprint density at radius 2 is 1.72 bits per heavy atom. The van der Waals surface area contributed by atoms with Crippen LogP contribution in [0.1, 0.15) is 13.3 Å². The Labute approximate surface area is 176 Å². The largest absolute Gasteiger partial charge is 0.480 e. The van der Waals surface area contributed by atoms with Crippen LogP contribution in [0.25, 0.3) is 10.8 Å². The van der Waals surface area contributed by atoms with Crippen LogP contribution >= 0.6 is 11.6 Å². The third-order valence-corrected chi connectivity index (χ3v) is 5.66. The molecule has 0 N–H and O–H groups in total. The zero-order chi connectivity index (χ0) is 20.2. The Morgan fingerprint density at radius 3 is 2.48 bits per heavy atom. The van der Waals surface area contributed by atoms with Crippen molar-refractivity contribution in [2.75, 3.05) is 31.1 Å². The highest BCUT2D eigenvalue weighted by molar-refractivity contribution is 6.30. The predicted molar refractivity (Wildman–Crippen MR) is 119 cm³/mol. The van der Waals surface area contributed by atoms with E-state index in [0.717, 1.165) is 40.3 Å². The van der Waals surface area contributed by atoms with Crippen LogP contribution < -0.4 is 9.64 Å². The minimum Gasteiger partial charge on any atom is -0.480 e. The lowest BCUT2D eigenvalue weighted by Crippen LogP contribution is -2.52. The molecule has 4 rings (SSSR count). The van der Waals surface area contributed by atoms with E-state index in [2.05, 4.69) is 23.1 Å². The molecule has 1 fully saturated rings. The van der Waals surface area contributed by atoms with Crippen LogP contribution in [-0.4, -0.2) is 43.1 Å². The maximum atomic E-state index is 13.1. The number of carbonyl (C=O) groups excluding carboxylic acids is 1. The van der Waals surface area contributed by atoms with Gasteiger partial charge in [-0.3, -0.25) is 4.79 Å². The normalized spacial score (nSPS) is 15.4. The smallest absolute Gasteiger partial charge is 0.263 e. The van der Waals surface area contributed by atoms with Crippen LogP contribution in [0.5, 0.6) is 5.75 Å². The fourth-order valence-corrected chi connectivity index (χ4v) is 4.01. The first-order valence-corrected chi connectivity index (χ1v) is 10.5. The molecular formula is C24H25ClN2O2. The second-order valence-corrected chi connectivity index (χ2v) is 7.72. The van der Waals surface area contributed by atoms with Crippen LogP contribution in [0, 0.1) is 0 Å². The summed E-state index contributed by atoms with van der Waals surface area (Å²) in [6.45, 7) is 4.94. The maximum absolute atomic E-state index is 13.1. The van der Waals surface area contributed by atoms with E-state index in [4.69, 9.17) is 16.3 Å². The van der Waals surface area contributed by atoms with Crippen molar-refractivity contribution in [2.24, 2.45) is 0 Å². The summed E-state index contributed by atoms with van der Waals surface area (Å²) in [6.07, 6.45) is 0.162. The molecule has 1 saturated heterocycles. The molecule has 3 aromatic rings. The number of fused-ring (bicyclic) bond motifs is 1. The first-order chi connectivity index (χ1) is 14.2. The van der Waals surface area contributed by atoms with Crippen LogP contribution in [0.2, 0.25) is 5.02 Å². The summed E-state index contributed by atoms with van der Waals surface area (Å²) in [5.74, 6) is 0.826. The third kappa shape index (κ3) is 4.33. The number of hydrogen-bond donors (Lipinski definition) is 0. The molecule has 0 bridgehead atoms. The maximum Gasteiger partial charge on any atom is 0.263 e. The molecule has 29 heavy (non-hydrogen) atoms. The molecule has 5 heteroatoms. The summed E-state index contributed by atoms with van der Waals surface area (Å²) in [5.41, 5.74) is 1.10. The van der Waals surface area contributed by atoms with Gasteiger partial charge in [0.15, 0.2) is 6.10 Å². The van der Waals surface area contributed by atoms with Crippen molar-refractivity contribution in [2.45, 2.75) is 19.4 Å². The number of hydrogen-bond acceptors (Lipinski definition) is 3. The Morgan fingerprint density at radius 1 is 1.00 bits per heavy atom. The third-order valence-electron chi connectivity index (χ3n) is 5.43. The van der Waals surface area contributed by atoms with Gasteiger partial charge in [0, 0.05) is 42.3 Å². The molecule has 3 aromatic carbocycles. The van der Waals surface area contributed by atoms with Gasteiger partial charge in [-0.05, 0) is 36.1 Å². The summed E-state index contributed by atoms with van der Waals surface area (Å²) in [7, 11) is 0. The molecule has 1 aliphatic rings. The Balaban J connectivity index is 1.43. The van der Waals surface area contributed by atoms with Crippen molar-refractivity contribution < 1.29 is 9.53 Å². The van der Waals surface area contributed by atoms with E-state index in [1.54, 1.807) is 0 Å². The van der Waals surface area contributed by atoms with Gasteiger partial charge in [-0.15, -0.1) is 0 Å². The molecular weight excluding hydrogens is 384 g/mol. The second kappa shape index (κ2) is 8.75. The summed E-state index contributed by atoms with van der Waals surface area (Å²) in [5, 5.41) is 2.88. The van der Waals surface area contributed by atoms with Crippen molar-refractivity contribution >= 4 is 34.0 Å². The zero-order valence-electron chi connectivity index (χ0n) is 16.6. The second-order valence-electron chi connectivity index (χ2n) is 7.28.